The summed E-state index contributed by atoms with van der Waals surface area (Å²) in [6.45, 7) is 8.49. The van der Waals surface area contributed by atoms with Crippen molar-refractivity contribution in [3.05, 3.63) is 0 Å². The van der Waals surface area contributed by atoms with Crippen LogP contribution in [0.4, 0.5) is 0 Å². The summed E-state index contributed by atoms with van der Waals surface area (Å²) in [6.07, 6.45) is 11.2. The molecular formula is C16H32N2. The van der Waals surface area contributed by atoms with Gasteiger partial charge in [-0.3, -0.25) is 0 Å². The van der Waals surface area contributed by atoms with Crippen LogP contribution in [0.5, 0.6) is 0 Å². The number of hydrogen-bond acceptors (Lipinski definition) is 2. The van der Waals surface area contributed by atoms with Gasteiger partial charge < -0.3 is 10.6 Å². The van der Waals surface area contributed by atoms with Crippen LogP contribution in [0.3, 0.4) is 0 Å². The van der Waals surface area contributed by atoms with Crippen LogP contribution in [0, 0.1) is 11.3 Å². The zero-order valence-electron chi connectivity index (χ0n) is 12.4. The standard InChI is InChI=1S/C16H32N2/c1-3-16(9-11-17-12-10-16)13-18-15-6-4-5-14(2)7-8-15/h14-15,17-18H,3-13H2,1-2H3. The van der Waals surface area contributed by atoms with E-state index in [0.717, 1.165) is 12.0 Å². The molecule has 2 fully saturated rings. The Morgan fingerprint density at radius 3 is 2.61 bits per heavy atom. The van der Waals surface area contributed by atoms with E-state index in [9.17, 15) is 0 Å². The van der Waals surface area contributed by atoms with Gasteiger partial charge in [-0.25, -0.2) is 0 Å². The molecule has 0 bridgehead atoms. The summed E-state index contributed by atoms with van der Waals surface area (Å²) in [5.74, 6) is 0.954. The molecule has 0 spiro atoms. The van der Waals surface area contributed by atoms with E-state index >= 15 is 0 Å². The van der Waals surface area contributed by atoms with Gasteiger partial charge in [-0.1, -0.05) is 26.7 Å². The molecule has 2 aliphatic rings. The smallest absolute Gasteiger partial charge is 0.00673 e. The first-order valence-corrected chi connectivity index (χ1v) is 8.18. The summed E-state index contributed by atoms with van der Waals surface area (Å²) in [7, 11) is 0. The minimum atomic E-state index is 0.586. The number of nitrogens with one attached hydrogen (secondary N) is 2. The van der Waals surface area contributed by atoms with Gasteiger partial charge in [0.25, 0.3) is 0 Å². The highest BCUT2D eigenvalue weighted by molar-refractivity contribution is 4.87. The van der Waals surface area contributed by atoms with Crippen LogP contribution >= 0.6 is 0 Å². The number of hydrogen-bond donors (Lipinski definition) is 2. The Morgan fingerprint density at radius 2 is 1.89 bits per heavy atom. The summed E-state index contributed by atoms with van der Waals surface area (Å²) < 4.78 is 0. The van der Waals surface area contributed by atoms with Crippen molar-refractivity contribution in [2.75, 3.05) is 19.6 Å². The third-order valence-corrected chi connectivity index (χ3v) is 5.44. The lowest BCUT2D eigenvalue weighted by atomic mass is 9.76. The molecule has 2 atom stereocenters. The SMILES string of the molecule is CCC1(CNC2CCCC(C)CC2)CCNCC1. The Balaban J connectivity index is 1.78. The maximum atomic E-state index is 3.92. The Kier molecular flexibility index (Phi) is 5.50. The van der Waals surface area contributed by atoms with Gasteiger partial charge in [0, 0.05) is 12.6 Å². The van der Waals surface area contributed by atoms with Gasteiger partial charge in [-0.05, 0) is 62.9 Å². The summed E-state index contributed by atoms with van der Waals surface area (Å²) in [4.78, 5) is 0. The monoisotopic (exact) mass is 252 g/mol. The molecule has 2 unspecified atom stereocenters. The van der Waals surface area contributed by atoms with E-state index in [4.69, 9.17) is 0 Å². The van der Waals surface area contributed by atoms with Crippen molar-refractivity contribution in [2.45, 2.75) is 71.3 Å². The van der Waals surface area contributed by atoms with E-state index in [1.165, 1.54) is 71.0 Å². The van der Waals surface area contributed by atoms with Crippen LogP contribution in [-0.4, -0.2) is 25.7 Å². The molecule has 1 aliphatic carbocycles. The first-order chi connectivity index (χ1) is 8.74. The van der Waals surface area contributed by atoms with E-state index in [1.807, 2.05) is 0 Å². The first-order valence-electron chi connectivity index (χ1n) is 8.18. The fraction of sp³-hybridized carbons (Fsp3) is 1.00. The van der Waals surface area contributed by atoms with Crippen LogP contribution < -0.4 is 10.6 Å². The van der Waals surface area contributed by atoms with E-state index < -0.39 is 0 Å². The van der Waals surface area contributed by atoms with Gasteiger partial charge in [0.15, 0.2) is 0 Å². The van der Waals surface area contributed by atoms with Crippen molar-refractivity contribution in [1.82, 2.24) is 10.6 Å². The minimum absolute atomic E-state index is 0.586. The zero-order valence-corrected chi connectivity index (χ0v) is 12.4. The normalized spacial score (nSPS) is 33.0. The topological polar surface area (TPSA) is 24.1 Å². The maximum absolute atomic E-state index is 3.92. The summed E-state index contributed by atoms with van der Waals surface area (Å²) in [6, 6.07) is 0.799. The molecule has 0 radical (unpaired) electrons. The van der Waals surface area contributed by atoms with E-state index in [2.05, 4.69) is 24.5 Å². The van der Waals surface area contributed by atoms with Crippen molar-refractivity contribution >= 4 is 0 Å². The molecule has 1 heterocycles. The third kappa shape index (κ3) is 3.96. The molecule has 1 saturated heterocycles. The van der Waals surface area contributed by atoms with Gasteiger partial charge in [-0.2, -0.15) is 0 Å². The van der Waals surface area contributed by atoms with E-state index in [0.29, 0.717) is 5.41 Å². The van der Waals surface area contributed by atoms with Gasteiger partial charge in [0.2, 0.25) is 0 Å². The highest BCUT2D eigenvalue weighted by atomic mass is 14.9. The average molecular weight is 252 g/mol. The molecule has 0 aromatic rings. The Bertz CT molecular complexity index is 233. The van der Waals surface area contributed by atoms with Crippen molar-refractivity contribution in [3.8, 4) is 0 Å². The maximum Gasteiger partial charge on any atom is 0.00673 e. The largest absolute Gasteiger partial charge is 0.317 e. The molecule has 1 aliphatic heterocycles. The van der Waals surface area contributed by atoms with Crippen molar-refractivity contribution in [3.63, 3.8) is 0 Å². The third-order valence-electron chi connectivity index (χ3n) is 5.44. The van der Waals surface area contributed by atoms with Crippen molar-refractivity contribution in [2.24, 2.45) is 11.3 Å². The molecule has 18 heavy (non-hydrogen) atoms. The average Bonchev–Trinajstić information content (AvgIpc) is 2.62. The molecule has 2 N–H and O–H groups in total. The predicted molar refractivity (Wildman–Crippen MR) is 78.9 cm³/mol. The Labute approximate surface area is 113 Å². The number of rotatable bonds is 4. The molecular weight excluding hydrogens is 220 g/mol. The highest BCUT2D eigenvalue weighted by Crippen LogP contribution is 2.32. The summed E-state index contributed by atoms with van der Waals surface area (Å²) in [5.41, 5.74) is 0.586. The fourth-order valence-electron chi connectivity index (χ4n) is 3.66. The second kappa shape index (κ2) is 6.91. The van der Waals surface area contributed by atoms with Crippen LogP contribution in [0.25, 0.3) is 0 Å². The van der Waals surface area contributed by atoms with Gasteiger partial charge in [0.05, 0.1) is 0 Å². The van der Waals surface area contributed by atoms with Gasteiger partial charge in [0.1, 0.15) is 0 Å². The second-order valence-electron chi connectivity index (χ2n) is 6.79. The van der Waals surface area contributed by atoms with Crippen molar-refractivity contribution < 1.29 is 0 Å². The van der Waals surface area contributed by atoms with E-state index in [1.54, 1.807) is 0 Å². The van der Waals surface area contributed by atoms with Gasteiger partial charge >= 0.3 is 0 Å². The molecule has 2 nitrogen and oxygen atoms in total. The molecule has 1 saturated carbocycles. The lowest BCUT2D eigenvalue weighted by Gasteiger charge is -2.38. The fourth-order valence-corrected chi connectivity index (χ4v) is 3.66. The molecule has 0 amide bonds. The van der Waals surface area contributed by atoms with Crippen LogP contribution in [0.15, 0.2) is 0 Å². The molecule has 2 rings (SSSR count). The summed E-state index contributed by atoms with van der Waals surface area (Å²) in [5, 5.41) is 7.42. The lowest BCUT2D eigenvalue weighted by molar-refractivity contribution is 0.176. The van der Waals surface area contributed by atoms with Crippen LogP contribution in [-0.2, 0) is 0 Å². The molecule has 0 aromatic heterocycles. The highest BCUT2D eigenvalue weighted by Gasteiger charge is 2.30. The second-order valence-corrected chi connectivity index (χ2v) is 6.79. The quantitative estimate of drug-likeness (QED) is 0.750. The minimum Gasteiger partial charge on any atom is -0.317 e. The zero-order chi connectivity index (χ0) is 12.8. The molecule has 2 heteroatoms. The Hall–Kier alpha value is -0.0800. The van der Waals surface area contributed by atoms with Crippen molar-refractivity contribution in [1.29, 1.82) is 0 Å². The Morgan fingerprint density at radius 1 is 1.11 bits per heavy atom. The molecule has 0 aromatic carbocycles. The van der Waals surface area contributed by atoms with Crippen LogP contribution in [0.2, 0.25) is 0 Å². The van der Waals surface area contributed by atoms with Crippen LogP contribution in [0.1, 0.15) is 65.2 Å². The van der Waals surface area contributed by atoms with Gasteiger partial charge in [-0.15, -0.1) is 0 Å². The predicted octanol–water partition coefficient (Wildman–Crippen LogP) is 3.32. The molecule has 106 valence electrons. The lowest BCUT2D eigenvalue weighted by Crippen LogP contribution is -2.45. The first kappa shape index (κ1) is 14.3. The van der Waals surface area contributed by atoms with E-state index in [-0.39, 0.29) is 0 Å². The summed E-state index contributed by atoms with van der Waals surface area (Å²) >= 11 is 0. The number of piperidine rings is 1.